The number of nitrogens with one attached hydrogen (secondary N) is 1. The first kappa shape index (κ1) is 21.8. The number of fused-ring (bicyclic) bond motifs is 1. The minimum atomic E-state index is -0.112. The lowest BCUT2D eigenvalue weighted by atomic mass is 10.1. The highest BCUT2D eigenvalue weighted by Crippen LogP contribution is 2.20. The topological polar surface area (TPSA) is 94.2 Å². The van der Waals surface area contributed by atoms with E-state index in [-0.39, 0.29) is 17.2 Å². The molecule has 0 saturated carbocycles. The Balaban J connectivity index is 1.47. The van der Waals surface area contributed by atoms with E-state index >= 15 is 0 Å². The molecule has 3 heterocycles. The zero-order chi connectivity index (χ0) is 22.7. The van der Waals surface area contributed by atoms with E-state index in [1.807, 2.05) is 48.9 Å². The number of hydrogen-bond donors (Lipinski definition) is 1. The van der Waals surface area contributed by atoms with E-state index in [2.05, 4.69) is 27.4 Å². The van der Waals surface area contributed by atoms with Gasteiger partial charge in [0, 0.05) is 36.6 Å². The predicted molar refractivity (Wildman–Crippen MR) is 125 cm³/mol. The van der Waals surface area contributed by atoms with Crippen LogP contribution in [0.2, 0.25) is 0 Å². The molecule has 1 aromatic carbocycles. The number of hydrogen-bond acceptors (Lipinski definition) is 6. The van der Waals surface area contributed by atoms with Gasteiger partial charge in [0.15, 0.2) is 5.16 Å². The van der Waals surface area contributed by atoms with Crippen molar-refractivity contribution in [1.29, 1.82) is 0 Å². The molecule has 0 unspecified atom stereocenters. The lowest BCUT2D eigenvalue weighted by Crippen LogP contribution is -2.22. The fourth-order valence-electron chi connectivity index (χ4n) is 3.49. The van der Waals surface area contributed by atoms with Crippen molar-refractivity contribution < 1.29 is 4.79 Å². The molecule has 0 aliphatic carbocycles. The SMILES string of the molecule is CCc1ccccc1NC(=O)CSc1nnc(Cc2c(C)nc3ccccn3c2=O)n1C. The molecule has 4 rings (SSSR count). The van der Waals surface area contributed by atoms with Crippen molar-refractivity contribution in [2.75, 3.05) is 11.1 Å². The second-order valence-electron chi connectivity index (χ2n) is 7.39. The second-order valence-corrected chi connectivity index (χ2v) is 8.33. The molecule has 0 bridgehead atoms. The molecule has 164 valence electrons. The number of rotatable bonds is 7. The van der Waals surface area contributed by atoms with Crippen LogP contribution in [0, 0.1) is 6.92 Å². The van der Waals surface area contributed by atoms with E-state index in [0.29, 0.717) is 34.3 Å². The molecule has 0 fully saturated rings. The number of carbonyl (C=O) groups is 1. The smallest absolute Gasteiger partial charge is 0.261 e. The number of aryl methyl sites for hydroxylation is 2. The summed E-state index contributed by atoms with van der Waals surface area (Å²) in [7, 11) is 1.84. The number of anilines is 1. The Morgan fingerprint density at radius 2 is 1.91 bits per heavy atom. The van der Waals surface area contributed by atoms with Gasteiger partial charge in [-0.05, 0) is 37.1 Å². The minimum absolute atomic E-state index is 0.103. The summed E-state index contributed by atoms with van der Waals surface area (Å²) in [4.78, 5) is 29.9. The van der Waals surface area contributed by atoms with Gasteiger partial charge in [-0.3, -0.25) is 14.0 Å². The summed E-state index contributed by atoms with van der Waals surface area (Å²) < 4.78 is 3.35. The van der Waals surface area contributed by atoms with Crippen molar-refractivity contribution in [1.82, 2.24) is 24.1 Å². The maximum absolute atomic E-state index is 12.9. The first-order valence-corrected chi connectivity index (χ1v) is 11.3. The van der Waals surface area contributed by atoms with Crippen molar-refractivity contribution in [3.05, 3.63) is 81.7 Å². The van der Waals surface area contributed by atoms with Gasteiger partial charge in [-0.2, -0.15) is 0 Å². The highest BCUT2D eigenvalue weighted by Gasteiger charge is 2.16. The van der Waals surface area contributed by atoms with Crippen LogP contribution in [-0.4, -0.2) is 35.8 Å². The summed E-state index contributed by atoms with van der Waals surface area (Å²) in [6.45, 7) is 3.88. The van der Waals surface area contributed by atoms with Crippen molar-refractivity contribution >= 4 is 29.0 Å². The standard InChI is InChI=1S/C23H24N6O2S/c1-4-16-9-5-6-10-18(16)25-21(30)14-32-23-27-26-20(28(23)3)13-17-15(2)24-19-11-7-8-12-29(19)22(17)31/h5-12H,4,13-14H2,1-3H3,(H,25,30). The van der Waals surface area contributed by atoms with Crippen LogP contribution in [0.1, 0.15) is 29.6 Å². The molecule has 1 amide bonds. The Hall–Kier alpha value is -3.46. The van der Waals surface area contributed by atoms with Gasteiger partial charge in [-0.15, -0.1) is 10.2 Å². The summed E-state index contributed by atoms with van der Waals surface area (Å²) in [5, 5.41) is 12.0. The van der Waals surface area contributed by atoms with Crippen molar-refractivity contribution in [3.63, 3.8) is 0 Å². The molecule has 0 saturated heterocycles. The van der Waals surface area contributed by atoms with Gasteiger partial charge < -0.3 is 9.88 Å². The Morgan fingerprint density at radius 3 is 2.72 bits per heavy atom. The van der Waals surface area contributed by atoms with E-state index in [0.717, 1.165) is 17.7 Å². The molecule has 1 N–H and O–H groups in total. The fraction of sp³-hybridized carbons (Fsp3) is 0.261. The summed E-state index contributed by atoms with van der Waals surface area (Å²) >= 11 is 1.31. The van der Waals surface area contributed by atoms with E-state index in [1.54, 1.807) is 18.3 Å². The maximum Gasteiger partial charge on any atom is 0.261 e. The van der Waals surface area contributed by atoms with E-state index < -0.39 is 0 Å². The number of pyridine rings is 1. The molecule has 0 radical (unpaired) electrons. The first-order chi connectivity index (χ1) is 15.5. The molecular weight excluding hydrogens is 424 g/mol. The van der Waals surface area contributed by atoms with Crippen LogP contribution in [-0.2, 0) is 24.7 Å². The third-order valence-corrected chi connectivity index (χ3v) is 6.32. The number of para-hydroxylation sites is 1. The lowest BCUT2D eigenvalue weighted by Gasteiger charge is -2.09. The summed E-state index contributed by atoms with van der Waals surface area (Å²) in [5.41, 5.74) is 3.68. The number of nitrogens with zero attached hydrogens (tertiary/aromatic N) is 5. The maximum atomic E-state index is 12.9. The average molecular weight is 449 g/mol. The number of amides is 1. The summed E-state index contributed by atoms with van der Waals surface area (Å²) in [6, 6.07) is 13.2. The fourth-order valence-corrected chi connectivity index (χ4v) is 4.22. The first-order valence-electron chi connectivity index (χ1n) is 10.3. The molecule has 9 heteroatoms. The Labute approximate surface area is 189 Å². The highest BCUT2D eigenvalue weighted by atomic mass is 32.2. The zero-order valence-electron chi connectivity index (χ0n) is 18.2. The van der Waals surface area contributed by atoms with Gasteiger partial charge in [0.25, 0.3) is 5.56 Å². The third kappa shape index (κ3) is 4.43. The Morgan fingerprint density at radius 1 is 1.12 bits per heavy atom. The van der Waals surface area contributed by atoms with Crippen LogP contribution >= 0.6 is 11.8 Å². The number of thioether (sulfide) groups is 1. The van der Waals surface area contributed by atoms with Crippen molar-refractivity contribution in [2.45, 2.75) is 31.8 Å². The van der Waals surface area contributed by atoms with Crippen LogP contribution in [0.5, 0.6) is 0 Å². The number of carbonyl (C=O) groups excluding carboxylic acids is 1. The molecular formula is C23H24N6O2S. The predicted octanol–water partition coefficient (Wildman–Crippen LogP) is 3.02. The lowest BCUT2D eigenvalue weighted by molar-refractivity contribution is -0.113. The molecule has 32 heavy (non-hydrogen) atoms. The van der Waals surface area contributed by atoms with Gasteiger partial charge >= 0.3 is 0 Å². The van der Waals surface area contributed by atoms with Gasteiger partial charge in [0.1, 0.15) is 11.5 Å². The Kier molecular flexibility index (Phi) is 6.36. The van der Waals surface area contributed by atoms with E-state index in [4.69, 9.17) is 0 Å². The zero-order valence-corrected chi connectivity index (χ0v) is 19.0. The molecule has 4 aromatic rings. The average Bonchev–Trinajstić information content (AvgIpc) is 3.14. The van der Waals surface area contributed by atoms with Gasteiger partial charge in [0.05, 0.1) is 5.75 Å². The number of aromatic nitrogens is 5. The van der Waals surface area contributed by atoms with Gasteiger partial charge in [0.2, 0.25) is 5.91 Å². The molecule has 3 aromatic heterocycles. The van der Waals surface area contributed by atoms with Gasteiger partial charge in [-0.1, -0.05) is 43.0 Å². The van der Waals surface area contributed by atoms with Crippen molar-refractivity contribution in [2.24, 2.45) is 7.05 Å². The summed E-state index contributed by atoms with van der Waals surface area (Å²) in [5.74, 6) is 0.749. The highest BCUT2D eigenvalue weighted by molar-refractivity contribution is 7.99. The van der Waals surface area contributed by atoms with E-state index in [9.17, 15) is 9.59 Å². The van der Waals surface area contributed by atoms with Crippen LogP contribution in [0.15, 0.2) is 58.6 Å². The second kappa shape index (κ2) is 9.35. The molecule has 0 spiro atoms. The summed E-state index contributed by atoms with van der Waals surface area (Å²) in [6.07, 6.45) is 2.87. The number of benzene rings is 1. The van der Waals surface area contributed by atoms with Crippen LogP contribution in [0.3, 0.4) is 0 Å². The van der Waals surface area contributed by atoms with Crippen LogP contribution < -0.4 is 10.9 Å². The molecule has 0 atom stereocenters. The Bertz CT molecular complexity index is 1340. The largest absolute Gasteiger partial charge is 0.325 e. The third-order valence-electron chi connectivity index (χ3n) is 5.30. The normalized spacial score (nSPS) is 11.1. The van der Waals surface area contributed by atoms with Crippen LogP contribution in [0.25, 0.3) is 5.65 Å². The van der Waals surface area contributed by atoms with Crippen LogP contribution in [0.4, 0.5) is 5.69 Å². The van der Waals surface area contributed by atoms with E-state index in [1.165, 1.54) is 16.2 Å². The monoisotopic (exact) mass is 448 g/mol. The van der Waals surface area contributed by atoms with Crippen molar-refractivity contribution in [3.8, 4) is 0 Å². The minimum Gasteiger partial charge on any atom is -0.325 e. The quantitative estimate of drug-likeness (QED) is 0.437. The molecule has 0 aliphatic heterocycles. The van der Waals surface area contributed by atoms with Gasteiger partial charge in [-0.25, -0.2) is 4.98 Å². The molecule has 8 nitrogen and oxygen atoms in total. The molecule has 0 aliphatic rings.